The van der Waals surface area contributed by atoms with Crippen LogP contribution in [0.15, 0.2) is 40.9 Å². The molecule has 2 aromatic carbocycles. The Morgan fingerprint density at radius 3 is 2.50 bits per heavy atom. The fraction of sp³-hybridized carbons (Fsp3) is 0. The zero-order chi connectivity index (χ0) is 14.7. The van der Waals surface area contributed by atoms with E-state index in [4.69, 9.17) is 26.7 Å². The molecule has 0 bridgehead atoms. The molecule has 0 heterocycles. The van der Waals surface area contributed by atoms with Gasteiger partial charge in [-0.1, -0.05) is 11.6 Å². The van der Waals surface area contributed by atoms with E-state index in [9.17, 15) is 4.79 Å². The Morgan fingerprint density at radius 1 is 1.25 bits per heavy atom. The van der Waals surface area contributed by atoms with Gasteiger partial charge in [0.25, 0.3) is 0 Å². The van der Waals surface area contributed by atoms with E-state index in [1.54, 1.807) is 18.2 Å². The summed E-state index contributed by atoms with van der Waals surface area (Å²) in [5, 5.41) is 17.8. The largest absolute Gasteiger partial charge is 0.478 e. The van der Waals surface area contributed by atoms with Crippen molar-refractivity contribution in [2.45, 2.75) is 0 Å². The number of halogens is 2. The Bertz CT molecular complexity index is 725. The van der Waals surface area contributed by atoms with Crippen molar-refractivity contribution in [3.05, 3.63) is 57.0 Å². The Hall–Kier alpha value is -2.03. The fourth-order valence-electron chi connectivity index (χ4n) is 1.49. The first-order chi connectivity index (χ1) is 9.51. The van der Waals surface area contributed by atoms with Crippen LogP contribution in [0.25, 0.3) is 0 Å². The van der Waals surface area contributed by atoms with Crippen LogP contribution in [0.4, 0.5) is 0 Å². The minimum absolute atomic E-state index is 0.0845. The first-order valence-corrected chi connectivity index (χ1v) is 6.58. The zero-order valence-electron chi connectivity index (χ0n) is 9.93. The average molecular weight is 353 g/mol. The van der Waals surface area contributed by atoms with Crippen LogP contribution in [0.1, 0.15) is 15.9 Å². The van der Waals surface area contributed by atoms with Crippen LogP contribution in [0.5, 0.6) is 11.5 Å². The van der Waals surface area contributed by atoms with Crippen molar-refractivity contribution in [3.63, 3.8) is 0 Å². The lowest BCUT2D eigenvalue weighted by Gasteiger charge is -2.10. The van der Waals surface area contributed by atoms with Crippen LogP contribution in [-0.4, -0.2) is 11.1 Å². The second-order valence-corrected chi connectivity index (χ2v) is 5.07. The predicted octanol–water partition coefficient (Wildman–Crippen LogP) is 4.46. The van der Waals surface area contributed by atoms with Gasteiger partial charge in [-0.2, -0.15) is 5.26 Å². The molecule has 0 fully saturated rings. The van der Waals surface area contributed by atoms with Crippen LogP contribution < -0.4 is 4.74 Å². The molecule has 0 aromatic heterocycles. The maximum atomic E-state index is 10.8. The van der Waals surface area contributed by atoms with Gasteiger partial charge in [-0.3, -0.25) is 0 Å². The highest BCUT2D eigenvalue weighted by Crippen LogP contribution is 2.34. The van der Waals surface area contributed by atoms with Gasteiger partial charge in [-0.15, -0.1) is 0 Å². The van der Waals surface area contributed by atoms with Crippen LogP contribution in [-0.2, 0) is 0 Å². The molecular formula is C14H7BrClNO3. The van der Waals surface area contributed by atoms with E-state index in [1.807, 2.05) is 6.07 Å². The third-order valence-corrected chi connectivity index (χ3v) is 3.37. The molecule has 0 atom stereocenters. The normalized spacial score (nSPS) is 9.85. The fourth-order valence-corrected chi connectivity index (χ4v) is 2.17. The molecule has 2 aromatic rings. The average Bonchev–Trinajstić information content (AvgIpc) is 2.42. The number of carboxylic acid groups (broad SMARTS) is 1. The number of rotatable bonds is 3. The number of carboxylic acids is 1. The number of hydrogen-bond acceptors (Lipinski definition) is 3. The molecule has 6 heteroatoms. The lowest BCUT2D eigenvalue weighted by molar-refractivity contribution is 0.0697. The van der Waals surface area contributed by atoms with Gasteiger partial charge in [0.2, 0.25) is 0 Å². The van der Waals surface area contributed by atoms with E-state index < -0.39 is 5.97 Å². The van der Waals surface area contributed by atoms with Gasteiger partial charge in [-0.05, 0) is 52.3 Å². The van der Waals surface area contributed by atoms with Crippen molar-refractivity contribution in [1.29, 1.82) is 5.26 Å². The van der Waals surface area contributed by atoms with Crippen molar-refractivity contribution >= 4 is 33.5 Å². The summed E-state index contributed by atoms with van der Waals surface area (Å²) in [6.07, 6.45) is 0. The van der Waals surface area contributed by atoms with Gasteiger partial charge in [0.05, 0.1) is 26.7 Å². The van der Waals surface area contributed by atoms with Crippen LogP contribution in [0.2, 0.25) is 5.02 Å². The molecule has 0 saturated carbocycles. The molecule has 0 aliphatic carbocycles. The van der Waals surface area contributed by atoms with Gasteiger partial charge in [0.15, 0.2) is 0 Å². The monoisotopic (exact) mass is 351 g/mol. The molecule has 20 heavy (non-hydrogen) atoms. The van der Waals surface area contributed by atoms with Crippen molar-refractivity contribution in [3.8, 4) is 17.6 Å². The van der Waals surface area contributed by atoms with Crippen molar-refractivity contribution < 1.29 is 14.6 Å². The first-order valence-electron chi connectivity index (χ1n) is 5.41. The molecule has 2 rings (SSSR count). The number of ether oxygens (including phenoxy) is 1. The molecule has 0 unspecified atom stereocenters. The molecule has 100 valence electrons. The predicted molar refractivity (Wildman–Crippen MR) is 77.3 cm³/mol. The Kier molecular flexibility index (Phi) is 4.28. The standard InChI is InChI=1S/C14H7BrClNO3/c15-10-5-8(7-17)1-3-12(10)20-13-4-2-9(14(18)19)6-11(13)16/h1-6H,(H,18,19). The summed E-state index contributed by atoms with van der Waals surface area (Å²) in [6, 6.07) is 11.1. The summed E-state index contributed by atoms with van der Waals surface area (Å²) < 4.78 is 6.20. The van der Waals surface area contributed by atoms with Gasteiger partial charge in [0.1, 0.15) is 11.5 Å². The second kappa shape index (κ2) is 5.95. The van der Waals surface area contributed by atoms with Gasteiger partial charge < -0.3 is 9.84 Å². The molecule has 0 saturated heterocycles. The van der Waals surface area contributed by atoms with Crippen molar-refractivity contribution in [2.24, 2.45) is 0 Å². The Balaban J connectivity index is 2.31. The third-order valence-electron chi connectivity index (χ3n) is 2.46. The van der Waals surface area contributed by atoms with Crippen LogP contribution in [0.3, 0.4) is 0 Å². The van der Waals surface area contributed by atoms with E-state index in [2.05, 4.69) is 15.9 Å². The molecule has 1 N–H and O–H groups in total. The maximum Gasteiger partial charge on any atom is 0.335 e. The zero-order valence-corrected chi connectivity index (χ0v) is 12.3. The number of carbonyl (C=O) groups is 1. The summed E-state index contributed by atoms with van der Waals surface area (Å²) in [7, 11) is 0. The number of nitriles is 1. The molecule has 4 nitrogen and oxygen atoms in total. The van der Waals surface area contributed by atoms with E-state index in [0.717, 1.165) is 0 Å². The third kappa shape index (κ3) is 3.10. The van der Waals surface area contributed by atoms with E-state index in [0.29, 0.717) is 21.5 Å². The first kappa shape index (κ1) is 14.4. The van der Waals surface area contributed by atoms with Gasteiger partial charge >= 0.3 is 5.97 Å². The number of nitrogens with zero attached hydrogens (tertiary/aromatic N) is 1. The van der Waals surface area contributed by atoms with E-state index in [-0.39, 0.29) is 10.6 Å². The molecule has 0 radical (unpaired) electrons. The minimum atomic E-state index is -1.06. The molecule has 0 spiro atoms. The minimum Gasteiger partial charge on any atom is -0.478 e. The van der Waals surface area contributed by atoms with Gasteiger partial charge in [0, 0.05) is 0 Å². The number of aromatic carboxylic acids is 1. The van der Waals surface area contributed by atoms with Gasteiger partial charge in [-0.25, -0.2) is 4.79 Å². The van der Waals surface area contributed by atoms with Crippen molar-refractivity contribution in [2.75, 3.05) is 0 Å². The summed E-state index contributed by atoms with van der Waals surface area (Å²) in [6.45, 7) is 0. The highest BCUT2D eigenvalue weighted by atomic mass is 79.9. The highest BCUT2D eigenvalue weighted by molar-refractivity contribution is 9.10. The second-order valence-electron chi connectivity index (χ2n) is 3.81. The summed E-state index contributed by atoms with van der Waals surface area (Å²) in [5.74, 6) is -0.242. The molecule has 0 aliphatic rings. The SMILES string of the molecule is N#Cc1ccc(Oc2ccc(C(=O)O)cc2Cl)c(Br)c1. The topological polar surface area (TPSA) is 70.3 Å². The summed E-state index contributed by atoms with van der Waals surface area (Å²) in [4.78, 5) is 10.8. The lowest BCUT2D eigenvalue weighted by atomic mass is 10.2. The molecular weight excluding hydrogens is 346 g/mol. The number of benzene rings is 2. The Labute approximate surface area is 128 Å². The molecule has 0 aliphatic heterocycles. The van der Waals surface area contributed by atoms with E-state index in [1.165, 1.54) is 18.2 Å². The van der Waals surface area contributed by atoms with Crippen LogP contribution in [0, 0.1) is 11.3 Å². The highest BCUT2D eigenvalue weighted by Gasteiger charge is 2.10. The summed E-state index contributed by atoms with van der Waals surface area (Å²) in [5.41, 5.74) is 0.581. The Morgan fingerprint density at radius 2 is 1.95 bits per heavy atom. The quantitative estimate of drug-likeness (QED) is 0.885. The number of hydrogen-bond donors (Lipinski definition) is 1. The lowest BCUT2D eigenvalue weighted by Crippen LogP contribution is -1.96. The van der Waals surface area contributed by atoms with Crippen LogP contribution >= 0.6 is 27.5 Å². The smallest absolute Gasteiger partial charge is 0.335 e. The summed E-state index contributed by atoms with van der Waals surface area (Å²) >= 11 is 9.27. The van der Waals surface area contributed by atoms with Crippen molar-refractivity contribution in [1.82, 2.24) is 0 Å². The maximum absolute atomic E-state index is 10.8. The van der Waals surface area contributed by atoms with E-state index >= 15 is 0 Å². The molecule has 0 amide bonds.